The van der Waals surface area contributed by atoms with E-state index >= 15 is 0 Å². The quantitative estimate of drug-likeness (QED) is 0.920. The van der Waals surface area contributed by atoms with Crippen molar-refractivity contribution in [1.82, 2.24) is 10.2 Å². The molecule has 112 valence electrons. The Hall–Kier alpha value is -1.79. The Morgan fingerprint density at radius 2 is 2.10 bits per heavy atom. The van der Waals surface area contributed by atoms with Crippen LogP contribution in [0.2, 0.25) is 0 Å². The largest absolute Gasteiger partial charge is 0.350 e. The zero-order valence-electron chi connectivity index (χ0n) is 11.8. The van der Waals surface area contributed by atoms with Gasteiger partial charge in [0, 0.05) is 11.4 Å². The number of hydrogen-bond acceptors (Lipinski definition) is 3. The molecule has 1 heterocycles. The smallest absolute Gasteiger partial charge is 0.254 e. The van der Waals surface area contributed by atoms with Crippen molar-refractivity contribution in [2.75, 3.05) is 20.6 Å². The molecule has 0 saturated carbocycles. The van der Waals surface area contributed by atoms with Gasteiger partial charge in [0.25, 0.3) is 5.91 Å². The number of likely N-dealkylation sites (N-methyl/N-ethyl adjacent to an activating group) is 1. The van der Waals surface area contributed by atoms with Crippen LogP contribution in [0.3, 0.4) is 0 Å². The second-order valence-corrected chi connectivity index (χ2v) is 5.81. The first-order chi connectivity index (χ1) is 9.99. The van der Waals surface area contributed by atoms with Crippen molar-refractivity contribution in [2.24, 2.45) is 0 Å². The van der Waals surface area contributed by atoms with Crippen LogP contribution in [-0.2, 0) is 0 Å². The van der Waals surface area contributed by atoms with E-state index in [2.05, 4.69) is 5.32 Å². The number of carbonyl (C=O) groups excluding carboxylic acids is 1. The molecule has 6 heteroatoms. The molecule has 0 saturated heterocycles. The van der Waals surface area contributed by atoms with Crippen LogP contribution in [0.15, 0.2) is 35.7 Å². The van der Waals surface area contributed by atoms with Crippen molar-refractivity contribution in [3.63, 3.8) is 0 Å². The minimum absolute atomic E-state index is 0.00873. The van der Waals surface area contributed by atoms with Gasteiger partial charge in [0.05, 0.1) is 11.6 Å². The van der Waals surface area contributed by atoms with E-state index in [-0.39, 0.29) is 11.6 Å². The van der Waals surface area contributed by atoms with Gasteiger partial charge in [-0.15, -0.1) is 11.3 Å². The summed E-state index contributed by atoms with van der Waals surface area (Å²) in [6, 6.07) is 6.74. The van der Waals surface area contributed by atoms with E-state index in [0.29, 0.717) is 6.54 Å². The Balaban J connectivity index is 2.07. The predicted molar refractivity (Wildman–Crippen MR) is 79.4 cm³/mol. The second-order valence-electron chi connectivity index (χ2n) is 4.83. The Kier molecular flexibility index (Phi) is 5.03. The number of halogens is 2. The minimum Gasteiger partial charge on any atom is -0.350 e. The molecule has 1 aromatic carbocycles. The lowest BCUT2D eigenvalue weighted by Gasteiger charge is -2.23. The van der Waals surface area contributed by atoms with Gasteiger partial charge in [-0.05, 0) is 43.7 Å². The summed E-state index contributed by atoms with van der Waals surface area (Å²) in [6.45, 7) is 0.322. The molecule has 2 aromatic rings. The van der Waals surface area contributed by atoms with Gasteiger partial charge >= 0.3 is 0 Å². The standard InChI is InChI=1S/C15H16F2N2OS/c1-19(2)13(14-4-3-7-21-14)9-18-15(20)11-8-10(16)5-6-12(11)17/h3-8,13H,9H2,1-2H3,(H,18,20). The van der Waals surface area contributed by atoms with Crippen molar-refractivity contribution in [3.05, 3.63) is 57.8 Å². The minimum atomic E-state index is -0.730. The number of amides is 1. The van der Waals surface area contributed by atoms with Crippen LogP contribution in [0.1, 0.15) is 21.3 Å². The van der Waals surface area contributed by atoms with Gasteiger partial charge in [0.1, 0.15) is 11.6 Å². The van der Waals surface area contributed by atoms with Crippen LogP contribution in [0.5, 0.6) is 0 Å². The van der Waals surface area contributed by atoms with E-state index in [0.717, 1.165) is 23.1 Å². The second kappa shape index (κ2) is 6.78. The molecule has 0 aliphatic rings. The van der Waals surface area contributed by atoms with Crippen LogP contribution in [0.25, 0.3) is 0 Å². The Morgan fingerprint density at radius 3 is 2.71 bits per heavy atom. The first-order valence-corrected chi connectivity index (χ1v) is 7.30. The maximum atomic E-state index is 13.5. The molecule has 0 radical (unpaired) electrons. The number of rotatable bonds is 5. The molecule has 1 N–H and O–H groups in total. The number of nitrogens with one attached hydrogen (secondary N) is 1. The molecule has 1 aromatic heterocycles. The maximum Gasteiger partial charge on any atom is 0.254 e. The number of thiophene rings is 1. The Morgan fingerprint density at radius 1 is 1.33 bits per heavy atom. The average Bonchev–Trinajstić information content (AvgIpc) is 2.95. The van der Waals surface area contributed by atoms with Gasteiger partial charge in [-0.1, -0.05) is 6.07 Å². The summed E-state index contributed by atoms with van der Waals surface area (Å²) in [5.41, 5.74) is -0.279. The molecule has 0 aliphatic heterocycles. The molecule has 0 spiro atoms. The molecule has 2 rings (SSSR count). The number of hydrogen-bond donors (Lipinski definition) is 1. The van der Waals surface area contributed by atoms with Gasteiger partial charge in [0.15, 0.2) is 0 Å². The molecular formula is C15H16F2N2OS. The zero-order valence-corrected chi connectivity index (χ0v) is 12.6. The summed E-state index contributed by atoms with van der Waals surface area (Å²) >= 11 is 1.59. The van der Waals surface area contributed by atoms with E-state index in [1.54, 1.807) is 11.3 Å². The van der Waals surface area contributed by atoms with Gasteiger partial charge in [-0.2, -0.15) is 0 Å². The van der Waals surface area contributed by atoms with Gasteiger partial charge < -0.3 is 10.2 Å². The van der Waals surface area contributed by atoms with Crippen LogP contribution in [0, 0.1) is 11.6 Å². The monoisotopic (exact) mass is 310 g/mol. The number of benzene rings is 1. The summed E-state index contributed by atoms with van der Waals surface area (Å²) in [6.07, 6.45) is 0. The third kappa shape index (κ3) is 3.86. The van der Waals surface area contributed by atoms with Gasteiger partial charge in [-0.25, -0.2) is 8.78 Å². The molecule has 0 aliphatic carbocycles. The molecule has 21 heavy (non-hydrogen) atoms. The van der Waals surface area contributed by atoms with E-state index in [1.165, 1.54) is 0 Å². The molecule has 3 nitrogen and oxygen atoms in total. The lowest BCUT2D eigenvalue weighted by molar-refractivity contribution is 0.0937. The molecule has 1 atom stereocenters. The first-order valence-electron chi connectivity index (χ1n) is 6.42. The summed E-state index contributed by atoms with van der Waals surface area (Å²) in [4.78, 5) is 15.0. The highest BCUT2D eigenvalue weighted by atomic mass is 32.1. The molecule has 0 bridgehead atoms. The fourth-order valence-electron chi connectivity index (χ4n) is 1.97. The summed E-state index contributed by atoms with van der Waals surface area (Å²) in [5, 5.41) is 4.61. The third-order valence-electron chi connectivity index (χ3n) is 3.12. The lowest BCUT2D eigenvalue weighted by Crippen LogP contribution is -2.34. The predicted octanol–water partition coefficient (Wildman–Crippen LogP) is 3.06. The van der Waals surface area contributed by atoms with E-state index in [4.69, 9.17) is 0 Å². The molecule has 1 unspecified atom stereocenters. The summed E-state index contributed by atoms with van der Waals surface area (Å²) < 4.78 is 26.6. The van der Waals surface area contributed by atoms with Gasteiger partial charge in [0.2, 0.25) is 0 Å². The molecular weight excluding hydrogens is 294 g/mol. The Bertz CT molecular complexity index is 614. The van der Waals surface area contributed by atoms with E-state index in [9.17, 15) is 13.6 Å². The average molecular weight is 310 g/mol. The highest BCUT2D eigenvalue weighted by Crippen LogP contribution is 2.22. The normalized spacial score (nSPS) is 12.4. The highest BCUT2D eigenvalue weighted by Gasteiger charge is 2.18. The summed E-state index contributed by atoms with van der Waals surface area (Å²) in [5.74, 6) is -1.98. The zero-order chi connectivity index (χ0) is 15.4. The van der Waals surface area contributed by atoms with Crippen molar-refractivity contribution in [1.29, 1.82) is 0 Å². The molecule has 0 fully saturated rings. The van der Waals surface area contributed by atoms with Crippen molar-refractivity contribution >= 4 is 17.2 Å². The lowest BCUT2D eigenvalue weighted by atomic mass is 10.1. The van der Waals surface area contributed by atoms with Crippen molar-refractivity contribution in [3.8, 4) is 0 Å². The molecule has 1 amide bonds. The SMILES string of the molecule is CN(C)C(CNC(=O)c1cc(F)ccc1F)c1cccs1. The van der Waals surface area contributed by atoms with Crippen LogP contribution in [0.4, 0.5) is 8.78 Å². The highest BCUT2D eigenvalue weighted by molar-refractivity contribution is 7.10. The Labute approximate surface area is 126 Å². The summed E-state index contributed by atoms with van der Waals surface area (Å²) in [7, 11) is 3.80. The van der Waals surface area contributed by atoms with E-state index < -0.39 is 17.5 Å². The third-order valence-corrected chi connectivity index (χ3v) is 4.10. The topological polar surface area (TPSA) is 32.3 Å². The maximum absolute atomic E-state index is 13.5. The first kappa shape index (κ1) is 15.6. The van der Waals surface area contributed by atoms with Crippen molar-refractivity contribution < 1.29 is 13.6 Å². The van der Waals surface area contributed by atoms with E-state index in [1.807, 2.05) is 36.5 Å². The van der Waals surface area contributed by atoms with Crippen LogP contribution < -0.4 is 5.32 Å². The number of carbonyl (C=O) groups is 1. The fourth-order valence-corrected chi connectivity index (χ4v) is 2.90. The van der Waals surface area contributed by atoms with Gasteiger partial charge in [-0.3, -0.25) is 4.79 Å². The van der Waals surface area contributed by atoms with Crippen LogP contribution >= 0.6 is 11.3 Å². The fraction of sp³-hybridized carbons (Fsp3) is 0.267. The van der Waals surface area contributed by atoms with Crippen molar-refractivity contribution in [2.45, 2.75) is 6.04 Å². The number of nitrogens with zero attached hydrogens (tertiary/aromatic N) is 1. The van der Waals surface area contributed by atoms with Crippen LogP contribution in [-0.4, -0.2) is 31.4 Å².